The Hall–Kier alpha value is -4.47. The van der Waals surface area contributed by atoms with Gasteiger partial charge in [-0.2, -0.15) is 5.10 Å². The van der Waals surface area contributed by atoms with E-state index in [1.807, 2.05) is 25.2 Å². The minimum Gasteiger partial charge on any atom is -0.478 e. The number of hydrogen-bond acceptors (Lipinski definition) is 6. The third-order valence-electron chi connectivity index (χ3n) is 5.35. The molecule has 10 nitrogen and oxygen atoms in total. The van der Waals surface area contributed by atoms with E-state index in [-0.39, 0.29) is 30.0 Å². The van der Waals surface area contributed by atoms with Crippen molar-refractivity contribution in [1.29, 1.82) is 0 Å². The minimum atomic E-state index is -0.356. The van der Waals surface area contributed by atoms with Crippen molar-refractivity contribution >= 4 is 34.3 Å². The minimum absolute atomic E-state index is 0.0341. The number of rotatable bonds is 10. The molecule has 0 aliphatic heterocycles. The zero-order valence-corrected chi connectivity index (χ0v) is 20.0. The molecule has 0 fully saturated rings. The predicted molar refractivity (Wildman–Crippen MR) is 136 cm³/mol. The van der Waals surface area contributed by atoms with Crippen molar-refractivity contribution < 1.29 is 19.1 Å². The number of amides is 3. The number of nitrogens with zero attached hydrogens (tertiary/aromatic N) is 3. The first-order valence-electron chi connectivity index (χ1n) is 11.8. The molecule has 1 aliphatic rings. The van der Waals surface area contributed by atoms with Gasteiger partial charge >= 0.3 is 0 Å². The van der Waals surface area contributed by atoms with E-state index in [0.29, 0.717) is 42.4 Å². The number of aromatic nitrogens is 3. The predicted octanol–water partition coefficient (Wildman–Crippen LogP) is 2.59. The largest absolute Gasteiger partial charge is 0.478 e. The molecular formula is C26H28N6O4. The molecule has 2 heterocycles. The highest BCUT2D eigenvalue weighted by molar-refractivity contribution is 6.03. The number of nitrogens with one attached hydrogen (secondary N) is 3. The second-order valence-corrected chi connectivity index (χ2v) is 8.09. The van der Waals surface area contributed by atoms with Crippen LogP contribution in [0.2, 0.25) is 0 Å². The summed E-state index contributed by atoms with van der Waals surface area (Å²) in [6.07, 6.45) is 9.24. The highest BCUT2D eigenvalue weighted by Gasteiger charge is 2.12. The molecule has 36 heavy (non-hydrogen) atoms. The molecule has 0 spiro atoms. The van der Waals surface area contributed by atoms with Gasteiger partial charge in [-0.05, 0) is 44.0 Å². The molecule has 1 aliphatic carbocycles. The summed E-state index contributed by atoms with van der Waals surface area (Å²) in [7, 11) is 0. The third-order valence-corrected chi connectivity index (χ3v) is 5.35. The normalized spacial score (nSPS) is 12.6. The summed E-state index contributed by atoms with van der Waals surface area (Å²) in [6.45, 7) is 3.00. The van der Waals surface area contributed by atoms with E-state index in [2.05, 4.69) is 26.0 Å². The molecule has 10 heteroatoms. The third kappa shape index (κ3) is 6.56. The molecule has 0 unspecified atom stereocenters. The Balaban J connectivity index is 1.28. The van der Waals surface area contributed by atoms with Crippen molar-refractivity contribution in [3.8, 4) is 5.88 Å². The number of carbonyl (C=O) groups is 3. The summed E-state index contributed by atoms with van der Waals surface area (Å²) in [5.74, 6) is -0.325. The first-order chi connectivity index (χ1) is 17.5. The fourth-order valence-electron chi connectivity index (χ4n) is 3.67. The Kier molecular flexibility index (Phi) is 8.07. The summed E-state index contributed by atoms with van der Waals surface area (Å²) in [6, 6.07) is 10.3. The molecule has 0 bridgehead atoms. The van der Waals surface area contributed by atoms with Crippen LogP contribution in [-0.4, -0.2) is 52.2 Å². The molecule has 2 aromatic heterocycles. The summed E-state index contributed by atoms with van der Waals surface area (Å²) in [5.41, 5.74) is 2.18. The molecule has 3 amide bonds. The second kappa shape index (κ2) is 11.8. The van der Waals surface area contributed by atoms with Gasteiger partial charge in [-0.15, -0.1) is 0 Å². The van der Waals surface area contributed by atoms with E-state index in [9.17, 15) is 14.4 Å². The van der Waals surface area contributed by atoms with Gasteiger partial charge in [-0.3, -0.25) is 19.1 Å². The molecule has 4 rings (SSSR count). The fraction of sp³-hybridized carbons (Fsp3) is 0.269. The van der Waals surface area contributed by atoms with Crippen molar-refractivity contribution in [1.82, 2.24) is 25.4 Å². The molecular weight excluding hydrogens is 460 g/mol. The van der Waals surface area contributed by atoms with Crippen LogP contribution < -0.4 is 20.7 Å². The van der Waals surface area contributed by atoms with E-state index in [1.165, 1.54) is 4.68 Å². The summed E-state index contributed by atoms with van der Waals surface area (Å²) >= 11 is 0. The lowest BCUT2D eigenvalue weighted by molar-refractivity contribution is -0.122. The number of ether oxygens (including phenoxy) is 1. The van der Waals surface area contributed by atoms with Crippen molar-refractivity contribution in [2.45, 2.75) is 26.3 Å². The quantitative estimate of drug-likeness (QED) is 0.377. The Morgan fingerprint density at radius 3 is 2.72 bits per heavy atom. The highest BCUT2D eigenvalue weighted by atomic mass is 16.5. The van der Waals surface area contributed by atoms with Crippen LogP contribution in [0.3, 0.4) is 0 Å². The SMILES string of the molecule is CCOc1cccc(C(=O)Nc2ccc3nn(CC(=O)NCCNC(=O)C4=CCCC=C4)cc3c2)n1. The van der Waals surface area contributed by atoms with Gasteiger partial charge in [0.25, 0.3) is 11.8 Å². The Morgan fingerprint density at radius 1 is 1.06 bits per heavy atom. The number of fused-ring (bicyclic) bond motifs is 1. The average molecular weight is 489 g/mol. The maximum Gasteiger partial charge on any atom is 0.274 e. The topological polar surface area (TPSA) is 127 Å². The van der Waals surface area contributed by atoms with E-state index >= 15 is 0 Å². The monoisotopic (exact) mass is 488 g/mol. The highest BCUT2D eigenvalue weighted by Crippen LogP contribution is 2.19. The molecule has 0 saturated carbocycles. The number of anilines is 1. The van der Waals surface area contributed by atoms with Crippen LogP contribution in [-0.2, 0) is 16.1 Å². The van der Waals surface area contributed by atoms with Crippen molar-refractivity contribution in [3.05, 3.63) is 72.1 Å². The second-order valence-electron chi connectivity index (χ2n) is 8.09. The van der Waals surface area contributed by atoms with Crippen molar-refractivity contribution in [3.63, 3.8) is 0 Å². The van der Waals surface area contributed by atoms with Gasteiger partial charge in [-0.1, -0.05) is 24.3 Å². The summed E-state index contributed by atoms with van der Waals surface area (Å²) in [5, 5.41) is 13.6. The first-order valence-corrected chi connectivity index (χ1v) is 11.8. The summed E-state index contributed by atoms with van der Waals surface area (Å²) in [4.78, 5) is 41.1. The van der Waals surface area contributed by atoms with Crippen LogP contribution in [0.1, 0.15) is 30.3 Å². The van der Waals surface area contributed by atoms with Gasteiger partial charge in [0.05, 0.1) is 12.1 Å². The van der Waals surface area contributed by atoms with Crippen LogP contribution >= 0.6 is 0 Å². The van der Waals surface area contributed by atoms with E-state index in [4.69, 9.17) is 4.74 Å². The molecule has 186 valence electrons. The average Bonchev–Trinajstić information content (AvgIpc) is 3.28. The van der Waals surface area contributed by atoms with Crippen LogP contribution in [0.4, 0.5) is 5.69 Å². The van der Waals surface area contributed by atoms with Gasteiger partial charge in [0.2, 0.25) is 11.8 Å². The molecule has 1 aromatic carbocycles. The van der Waals surface area contributed by atoms with E-state index in [0.717, 1.165) is 18.2 Å². The van der Waals surface area contributed by atoms with E-state index < -0.39 is 0 Å². The number of carbonyl (C=O) groups excluding carboxylic acids is 3. The Bertz CT molecular complexity index is 1330. The fourth-order valence-corrected chi connectivity index (χ4v) is 3.67. The standard InChI is InChI=1S/C26H28N6O4/c1-2-36-24-10-6-9-22(30-24)26(35)29-20-11-12-21-19(15-20)16-32(31-21)17-23(33)27-13-14-28-25(34)18-7-4-3-5-8-18/h4,6-12,15-16H,2-3,5,13-14,17H2,1H3,(H,27,33)(H,28,34)(H,29,35). The van der Waals surface area contributed by atoms with Crippen molar-refractivity contribution in [2.75, 3.05) is 25.0 Å². The number of hydrogen-bond donors (Lipinski definition) is 3. The van der Waals surface area contributed by atoms with Gasteiger partial charge in [-0.25, -0.2) is 4.98 Å². The Labute approximate surface area is 208 Å². The van der Waals surface area contributed by atoms with Gasteiger partial charge in [0, 0.05) is 42.0 Å². The number of pyridine rings is 1. The van der Waals surface area contributed by atoms with Crippen molar-refractivity contribution in [2.24, 2.45) is 0 Å². The zero-order valence-electron chi connectivity index (χ0n) is 20.0. The maximum absolute atomic E-state index is 12.6. The van der Waals surface area contributed by atoms with Crippen LogP contribution in [0.25, 0.3) is 10.9 Å². The molecule has 0 atom stereocenters. The summed E-state index contributed by atoms with van der Waals surface area (Å²) < 4.78 is 6.88. The van der Waals surface area contributed by atoms with Crippen LogP contribution in [0.15, 0.2) is 66.4 Å². The van der Waals surface area contributed by atoms with Gasteiger partial charge in [0.15, 0.2) is 0 Å². The van der Waals surface area contributed by atoms with Crippen LogP contribution in [0, 0.1) is 0 Å². The number of benzene rings is 1. The zero-order chi connectivity index (χ0) is 25.3. The van der Waals surface area contributed by atoms with Crippen LogP contribution in [0.5, 0.6) is 5.88 Å². The van der Waals surface area contributed by atoms with Gasteiger partial charge < -0.3 is 20.7 Å². The van der Waals surface area contributed by atoms with E-state index in [1.54, 1.807) is 42.6 Å². The number of allylic oxidation sites excluding steroid dienone is 2. The van der Waals surface area contributed by atoms with Gasteiger partial charge in [0.1, 0.15) is 12.2 Å². The smallest absolute Gasteiger partial charge is 0.274 e. The molecule has 0 saturated heterocycles. The molecule has 0 radical (unpaired) electrons. The maximum atomic E-state index is 12.6. The lowest BCUT2D eigenvalue weighted by Gasteiger charge is -2.09. The lowest BCUT2D eigenvalue weighted by Crippen LogP contribution is -2.36. The lowest BCUT2D eigenvalue weighted by atomic mass is 10.1. The molecule has 3 aromatic rings. The Morgan fingerprint density at radius 2 is 1.92 bits per heavy atom. The first kappa shape index (κ1) is 24.6. The molecule has 3 N–H and O–H groups in total.